The van der Waals surface area contributed by atoms with E-state index in [0.29, 0.717) is 5.92 Å². The van der Waals surface area contributed by atoms with Crippen LogP contribution in [0.3, 0.4) is 0 Å². The van der Waals surface area contributed by atoms with Crippen molar-refractivity contribution in [3.8, 4) is 0 Å². The highest BCUT2D eigenvalue weighted by Crippen LogP contribution is 2.11. The Morgan fingerprint density at radius 1 is 1.31 bits per heavy atom. The molecule has 90 valence electrons. The molecule has 0 aliphatic heterocycles. The van der Waals surface area contributed by atoms with Gasteiger partial charge in [0.25, 0.3) is 0 Å². The van der Waals surface area contributed by atoms with Crippen LogP contribution in [0.5, 0.6) is 0 Å². The van der Waals surface area contributed by atoms with Gasteiger partial charge in [-0.25, -0.2) is 4.98 Å². The van der Waals surface area contributed by atoms with Crippen LogP contribution in [-0.4, -0.2) is 18.6 Å². The molecule has 0 atom stereocenters. The summed E-state index contributed by atoms with van der Waals surface area (Å²) in [6.45, 7) is 8.40. The second-order valence-corrected chi connectivity index (χ2v) is 4.51. The Bertz CT molecular complexity index is 321. The highest BCUT2D eigenvalue weighted by molar-refractivity contribution is 5.39. The Hall–Kier alpha value is -1.09. The van der Waals surface area contributed by atoms with Gasteiger partial charge in [-0.05, 0) is 37.1 Å². The van der Waals surface area contributed by atoms with Crippen LogP contribution in [0, 0.1) is 5.92 Å². The highest BCUT2D eigenvalue weighted by Gasteiger charge is 2.02. The molecule has 1 aromatic rings. The Morgan fingerprint density at radius 2 is 2.06 bits per heavy atom. The number of anilines is 1. The molecule has 1 heterocycles. The number of hydrogen-bond acceptors (Lipinski definition) is 3. The molecule has 0 aliphatic rings. The molecule has 0 spiro atoms. The van der Waals surface area contributed by atoms with Gasteiger partial charge in [0.05, 0.1) is 0 Å². The largest absolute Gasteiger partial charge is 0.370 e. The zero-order valence-corrected chi connectivity index (χ0v) is 10.8. The lowest BCUT2D eigenvalue weighted by Gasteiger charge is -2.11. The molecule has 0 bridgehead atoms. The fourth-order valence-corrected chi connectivity index (χ4v) is 1.54. The molecule has 0 unspecified atom stereocenters. The SMILES string of the molecule is CCc1cc(CNC)cc(NCC(C)C)n1. The van der Waals surface area contributed by atoms with Gasteiger partial charge < -0.3 is 10.6 Å². The van der Waals surface area contributed by atoms with Crippen LogP contribution in [-0.2, 0) is 13.0 Å². The van der Waals surface area contributed by atoms with E-state index < -0.39 is 0 Å². The zero-order valence-electron chi connectivity index (χ0n) is 10.8. The number of nitrogens with one attached hydrogen (secondary N) is 2. The summed E-state index contributed by atoms with van der Waals surface area (Å²) in [5, 5.41) is 6.55. The van der Waals surface area contributed by atoms with Crippen molar-refractivity contribution in [1.29, 1.82) is 0 Å². The summed E-state index contributed by atoms with van der Waals surface area (Å²) in [6, 6.07) is 4.29. The third kappa shape index (κ3) is 4.19. The lowest BCUT2D eigenvalue weighted by molar-refractivity contribution is 0.686. The van der Waals surface area contributed by atoms with E-state index >= 15 is 0 Å². The summed E-state index contributed by atoms with van der Waals surface area (Å²) in [6.07, 6.45) is 0.980. The normalized spacial score (nSPS) is 10.8. The molecule has 0 aromatic carbocycles. The van der Waals surface area contributed by atoms with Crippen molar-refractivity contribution in [1.82, 2.24) is 10.3 Å². The van der Waals surface area contributed by atoms with Crippen molar-refractivity contribution in [2.24, 2.45) is 5.92 Å². The molecule has 0 radical (unpaired) electrons. The van der Waals surface area contributed by atoms with Crippen LogP contribution in [0.2, 0.25) is 0 Å². The molecule has 1 aromatic heterocycles. The van der Waals surface area contributed by atoms with Gasteiger partial charge in [0.15, 0.2) is 0 Å². The van der Waals surface area contributed by atoms with Gasteiger partial charge >= 0.3 is 0 Å². The van der Waals surface area contributed by atoms with Crippen molar-refractivity contribution in [2.45, 2.75) is 33.7 Å². The van der Waals surface area contributed by atoms with Crippen LogP contribution in [0.25, 0.3) is 0 Å². The van der Waals surface area contributed by atoms with E-state index in [2.05, 4.69) is 48.5 Å². The molecule has 0 saturated carbocycles. The third-order valence-electron chi connectivity index (χ3n) is 2.37. The minimum atomic E-state index is 0.639. The van der Waals surface area contributed by atoms with E-state index in [1.807, 2.05) is 7.05 Å². The Morgan fingerprint density at radius 3 is 2.62 bits per heavy atom. The first-order chi connectivity index (χ1) is 7.65. The van der Waals surface area contributed by atoms with E-state index in [1.165, 1.54) is 5.56 Å². The van der Waals surface area contributed by atoms with Crippen LogP contribution in [0.15, 0.2) is 12.1 Å². The molecular formula is C13H23N3. The van der Waals surface area contributed by atoms with Crippen molar-refractivity contribution in [3.63, 3.8) is 0 Å². The molecule has 3 heteroatoms. The molecule has 16 heavy (non-hydrogen) atoms. The standard InChI is InChI=1S/C13H23N3/c1-5-12-6-11(9-14-4)7-13(16-12)15-8-10(2)3/h6-7,10,14H,5,8-9H2,1-4H3,(H,15,16). The van der Waals surface area contributed by atoms with Gasteiger partial charge in [-0.15, -0.1) is 0 Å². The van der Waals surface area contributed by atoms with Gasteiger partial charge in [0.1, 0.15) is 5.82 Å². The van der Waals surface area contributed by atoms with Gasteiger partial charge in [0, 0.05) is 18.8 Å². The van der Waals surface area contributed by atoms with E-state index in [1.54, 1.807) is 0 Å². The number of rotatable bonds is 6. The fourth-order valence-electron chi connectivity index (χ4n) is 1.54. The topological polar surface area (TPSA) is 37.0 Å². The Kier molecular flexibility index (Phi) is 5.26. The molecule has 2 N–H and O–H groups in total. The van der Waals surface area contributed by atoms with Crippen molar-refractivity contribution >= 4 is 5.82 Å². The predicted octanol–water partition coefficient (Wildman–Crippen LogP) is 2.43. The van der Waals surface area contributed by atoms with E-state index in [9.17, 15) is 0 Å². The lowest BCUT2D eigenvalue weighted by atomic mass is 10.2. The van der Waals surface area contributed by atoms with Crippen molar-refractivity contribution in [2.75, 3.05) is 18.9 Å². The van der Waals surface area contributed by atoms with Gasteiger partial charge in [-0.3, -0.25) is 0 Å². The molecule has 0 amide bonds. The molecule has 0 saturated heterocycles. The number of nitrogens with zero attached hydrogens (tertiary/aromatic N) is 1. The third-order valence-corrected chi connectivity index (χ3v) is 2.37. The fraction of sp³-hybridized carbons (Fsp3) is 0.615. The second-order valence-electron chi connectivity index (χ2n) is 4.51. The minimum Gasteiger partial charge on any atom is -0.370 e. The maximum absolute atomic E-state index is 4.57. The molecule has 0 fully saturated rings. The second kappa shape index (κ2) is 6.48. The van der Waals surface area contributed by atoms with Crippen LogP contribution >= 0.6 is 0 Å². The summed E-state index contributed by atoms with van der Waals surface area (Å²) in [7, 11) is 1.97. The summed E-state index contributed by atoms with van der Waals surface area (Å²) in [4.78, 5) is 4.57. The van der Waals surface area contributed by atoms with Gasteiger partial charge in [-0.2, -0.15) is 0 Å². The number of pyridine rings is 1. The minimum absolute atomic E-state index is 0.639. The average Bonchev–Trinajstić information content (AvgIpc) is 2.26. The molecule has 1 rings (SSSR count). The van der Waals surface area contributed by atoms with Crippen LogP contribution < -0.4 is 10.6 Å². The van der Waals surface area contributed by atoms with Crippen molar-refractivity contribution in [3.05, 3.63) is 23.4 Å². The highest BCUT2D eigenvalue weighted by atomic mass is 15.0. The van der Waals surface area contributed by atoms with Crippen LogP contribution in [0.1, 0.15) is 32.0 Å². The summed E-state index contributed by atoms with van der Waals surface area (Å²) in [5.74, 6) is 1.64. The van der Waals surface area contributed by atoms with Crippen LogP contribution in [0.4, 0.5) is 5.82 Å². The van der Waals surface area contributed by atoms with Crippen molar-refractivity contribution < 1.29 is 0 Å². The Labute approximate surface area is 98.7 Å². The maximum atomic E-state index is 4.57. The average molecular weight is 221 g/mol. The van der Waals surface area contributed by atoms with Gasteiger partial charge in [0.2, 0.25) is 0 Å². The van der Waals surface area contributed by atoms with E-state index in [0.717, 1.165) is 31.0 Å². The first kappa shape index (κ1) is 13.0. The molecule has 0 aliphatic carbocycles. The summed E-state index contributed by atoms with van der Waals surface area (Å²) >= 11 is 0. The monoisotopic (exact) mass is 221 g/mol. The lowest BCUT2D eigenvalue weighted by Crippen LogP contribution is -2.12. The van der Waals surface area contributed by atoms with E-state index in [-0.39, 0.29) is 0 Å². The zero-order chi connectivity index (χ0) is 12.0. The predicted molar refractivity (Wildman–Crippen MR) is 69.7 cm³/mol. The number of aryl methyl sites for hydroxylation is 1. The first-order valence-corrected chi connectivity index (χ1v) is 6.04. The quantitative estimate of drug-likeness (QED) is 0.774. The maximum Gasteiger partial charge on any atom is 0.126 e. The van der Waals surface area contributed by atoms with Gasteiger partial charge in [-0.1, -0.05) is 20.8 Å². The Balaban J connectivity index is 2.77. The smallest absolute Gasteiger partial charge is 0.126 e. The molecular weight excluding hydrogens is 198 g/mol. The van der Waals surface area contributed by atoms with E-state index in [4.69, 9.17) is 0 Å². The summed E-state index contributed by atoms with van der Waals surface area (Å²) in [5.41, 5.74) is 2.44. The first-order valence-electron chi connectivity index (χ1n) is 6.04. The number of aromatic nitrogens is 1. The molecule has 3 nitrogen and oxygen atoms in total. The summed E-state index contributed by atoms with van der Waals surface area (Å²) < 4.78 is 0. The number of hydrogen-bond donors (Lipinski definition) is 2.